The summed E-state index contributed by atoms with van der Waals surface area (Å²) in [7, 11) is 2.15. The number of rotatable bonds is 5. The lowest BCUT2D eigenvalue weighted by Crippen LogP contribution is -2.28. The second-order valence-electron chi connectivity index (χ2n) is 5.03. The third kappa shape index (κ3) is 3.01. The highest BCUT2D eigenvalue weighted by molar-refractivity contribution is 6.17. The highest BCUT2D eigenvalue weighted by atomic mass is 35.5. The minimum Gasteiger partial charge on any atom is -0.371 e. The van der Waals surface area contributed by atoms with Crippen LogP contribution in [0.4, 0.5) is 5.69 Å². The van der Waals surface area contributed by atoms with Gasteiger partial charge in [0.1, 0.15) is 0 Å². The Morgan fingerprint density at radius 2 is 2.05 bits per heavy atom. The van der Waals surface area contributed by atoms with Gasteiger partial charge in [-0.3, -0.25) is 4.98 Å². The molecule has 1 heterocycles. The predicted molar refractivity (Wildman–Crippen MR) is 84.1 cm³/mol. The van der Waals surface area contributed by atoms with Gasteiger partial charge < -0.3 is 4.90 Å². The van der Waals surface area contributed by atoms with E-state index in [1.165, 1.54) is 23.9 Å². The number of pyridine rings is 1. The number of anilines is 1. The van der Waals surface area contributed by atoms with Crippen molar-refractivity contribution in [2.45, 2.75) is 38.6 Å². The highest BCUT2D eigenvalue weighted by Crippen LogP contribution is 2.28. The summed E-state index contributed by atoms with van der Waals surface area (Å²) in [5.74, 6) is 0.452. The van der Waals surface area contributed by atoms with E-state index < -0.39 is 0 Å². The van der Waals surface area contributed by atoms with Gasteiger partial charge in [-0.05, 0) is 25.5 Å². The molecule has 0 saturated heterocycles. The van der Waals surface area contributed by atoms with Crippen molar-refractivity contribution in [3.05, 3.63) is 36.0 Å². The summed E-state index contributed by atoms with van der Waals surface area (Å²) in [4.78, 5) is 6.92. The van der Waals surface area contributed by atoms with Crippen LogP contribution in [0.5, 0.6) is 0 Å². The van der Waals surface area contributed by atoms with Crippen LogP contribution in [0.3, 0.4) is 0 Å². The van der Waals surface area contributed by atoms with E-state index in [2.05, 4.69) is 49.0 Å². The maximum absolute atomic E-state index is 5.96. The summed E-state index contributed by atoms with van der Waals surface area (Å²) >= 11 is 5.96. The topological polar surface area (TPSA) is 16.1 Å². The molecule has 1 unspecified atom stereocenters. The summed E-state index contributed by atoms with van der Waals surface area (Å²) in [6.07, 6.45) is 2.38. The molecule has 0 radical (unpaired) electrons. The second-order valence-corrected chi connectivity index (χ2v) is 5.30. The zero-order valence-corrected chi connectivity index (χ0v) is 12.6. The zero-order chi connectivity index (χ0) is 13.8. The number of fused-ring (bicyclic) bond motifs is 1. The number of aromatic nitrogens is 1. The maximum Gasteiger partial charge on any atom is 0.0726 e. The fraction of sp³-hybridized carbons (Fsp3) is 0.438. The first-order chi connectivity index (χ1) is 9.17. The molecule has 2 nitrogen and oxygen atoms in total. The molecule has 1 atom stereocenters. The zero-order valence-electron chi connectivity index (χ0n) is 11.9. The molecule has 0 aliphatic rings. The number of hydrogen-bond donors (Lipinski definition) is 0. The first kappa shape index (κ1) is 14.1. The number of nitrogens with zero attached hydrogens (tertiary/aromatic N) is 2. The molecule has 1 aromatic carbocycles. The van der Waals surface area contributed by atoms with Crippen LogP contribution in [0.1, 0.15) is 32.4 Å². The summed E-state index contributed by atoms with van der Waals surface area (Å²) in [6.45, 7) is 4.48. The maximum atomic E-state index is 5.96. The molecule has 2 rings (SSSR count). The van der Waals surface area contributed by atoms with Crippen molar-refractivity contribution in [2.24, 2.45) is 0 Å². The Morgan fingerprint density at radius 3 is 2.74 bits per heavy atom. The van der Waals surface area contributed by atoms with Crippen LogP contribution in [-0.4, -0.2) is 18.1 Å². The molecule has 1 aromatic heterocycles. The molecule has 2 aromatic rings. The first-order valence-corrected chi connectivity index (χ1v) is 7.38. The third-order valence-electron chi connectivity index (χ3n) is 3.63. The van der Waals surface area contributed by atoms with Crippen LogP contribution in [0.25, 0.3) is 10.9 Å². The molecule has 0 fully saturated rings. The molecule has 0 N–H and O–H groups in total. The SMILES string of the molecule is CCCC(C)N(C)c1cc(CCl)nc2ccccc12. The van der Waals surface area contributed by atoms with Crippen molar-refractivity contribution in [3.8, 4) is 0 Å². The number of hydrogen-bond acceptors (Lipinski definition) is 2. The molecule has 0 aliphatic heterocycles. The summed E-state index contributed by atoms with van der Waals surface area (Å²) in [5, 5.41) is 1.20. The summed E-state index contributed by atoms with van der Waals surface area (Å²) < 4.78 is 0. The van der Waals surface area contributed by atoms with Gasteiger partial charge in [0, 0.05) is 24.2 Å². The first-order valence-electron chi connectivity index (χ1n) is 6.84. The molecule has 0 amide bonds. The average molecular weight is 277 g/mol. The molecular weight excluding hydrogens is 256 g/mol. The fourth-order valence-electron chi connectivity index (χ4n) is 2.42. The van der Waals surface area contributed by atoms with E-state index in [1.54, 1.807) is 0 Å². The minimum absolute atomic E-state index is 0.452. The molecular formula is C16H21ClN2. The van der Waals surface area contributed by atoms with E-state index >= 15 is 0 Å². The molecule has 0 aliphatic carbocycles. The minimum atomic E-state index is 0.452. The van der Waals surface area contributed by atoms with Crippen molar-refractivity contribution in [1.29, 1.82) is 0 Å². The lowest BCUT2D eigenvalue weighted by Gasteiger charge is -2.28. The molecule has 102 valence electrons. The van der Waals surface area contributed by atoms with Gasteiger partial charge in [0.05, 0.1) is 17.1 Å². The Morgan fingerprint density at radius 1 is 1.32 bits per heavy atom. The standard InChI is InChI=1S/C16H21ClN2/c1-4-7-12(2)19(3)16-10-13(11-17)18-15-9-6-5-8-14(15)16/h5-6,8-10,12H,4,7,11H2,1-3H3. The van der Waals surface area contributed by atoms with Crippen LogP contribution in [-0.2, 0) is 5.88 Å². The van der Waals surface area contributed by atoms with Gasteiger partial charge in [0.25, 0.3) is 0 Å². The van der Waals surface area contributed by atoms with E-state index in [1.807, 2.05) is 12.1 Å². The van der Waals surface area contributed by atoms with Crippen LogP contribution in [0, 0.1) is 0 Å². The molecule has 0 saturated carbocycles. The Balaban J connectivity index is 2.51. The van der Waals surface area contributed by atoms with Crippen LogP contribution < -0.4 is 4.90 Å². The normalized spacial score (nSPS) is 12.6. The molecule has 3 heteroatoms. The van der Waals surface area contributed by atoms with Gasteiger partial charge in [-0.2, -0.15) is 0 Å². The van der Waals surface area contributed by atoms with Gasteiger partial charge in [0.15, 0.2) is 0 Å². The van der Waals surface area contributed by atoms with E-state index in [0.717, 1.165) is 11.2 Å². The third-order valence-corrected chi connectivity index (χ3v) is 3.91. The van der Waals surface area contributed by atoms with Crippen molar-refractivity contribution in [3.63, 3.8) is 0 Å². The van der Waals surface area contributed by atoms with E-state index in [9.17, 15) is 0 Å². The predicted octanol–water partition coefficient (Wildman–Crippen LogP) is 4.60. The lowest BCUT2D eigenvalue weighted by atomic mass is 10.1. The largest absolute Gasteiger partial charge is 0.371 e. The Labute approximate surface area is 120 Å². The summed E-state index contributed by atoms with van der Waals surface area (Å²) in [5.41, 5.74) is 3.18. The smallest absolute Gasteiger partial charge is 0.0726 e. The monoisotopic (exact) mass is 276 g/mol. The summed E-state index contributed by atoms with van der Waals surface area (Å²) in [6, 6.07) is 10.9. The van der Waals surface area contributed by atoms with Gasteiger partial charge in [-0.15, -0.1) is 11.6 Å². The van der Waals surface area contributed by atoms with Crippen molar-refractivity contribution >= 4 is 28.2 Å². The second kappa shape index (κ2) is 6.25. The molecule has 19 heavy (non-hydrogen) atoms. The number of benzene rings is 1. The Kier molecular flexibility index (Phi) is 4.65. The van der Waals surface area contributed by atoms with Gasteiger partial charge in [0.2, 0.25) is 0 Å². The Bertz CT molecular complexity index is 553. The molecule has 0 spiro atoms. The van der Waals surface area contributed by atoms with E-state index in [-0.39, 0.29) is 0 Å². The van der Waals surface area contributed by atoms with Crippen LogP contribution in [0.15, 0.2) is 30.3 Å². The van der Waals surface area contributed by atoms with Gasteiger partial charge >= 0.3 is 0 Å². The van der Waals surface area contributed by atoms with Crippen molar-refractivity contribution in [2.75, 3.05) is 11.9 Å². The molecule has 0 bridgehead atoms. The number of alkyl halides is 1. The Hall–Kier alpha value is -1.28. The highest BCUT2D eigenvalue weighted by Gasteiger charge is 2.13. The van der Waals surface area contributed by atoms with Crippen molar-refractivity contribution < 1.29 is 0 Å². The average Bonchev–Trinajstić information content (AvgIpc) is 2.45. The van der Waals surface area contributed by atoms with Crippen LogP contribution >= 0.6 is 11.6 Å². The van der Waals surface area contributed by atoms with Gasteiger partial charge in [-0.25, -0.2) is 0 Å². The fourth-order valence-corrected chi connectivity index (χ4v) is 2.56. The number of para-hydroxylation sites is 1. The van der Waals surface area contributed by atoms with E-state index in [0.29, 0.717) is 11.9 Å². The van der Waals surface area contributed by atoms with E-state index in [4.69, 9.17) is 11.6 Å². The van der Waals surface area contributed by atoms with Crippen LogP contribution in [0.2, 0.25) is 0 Å². The van der Waals surface area contributed by atoms with Gasteiger partial charge in [-0.1, -0.05) is 31.5 Å². The number of halogens is 1. The van der Waals surface area contributed by atoms with Crippen molar-refractivity contribution in [1.82, 2.24) is 4.98 Å². The quantitative estimate of drug-likeness (QED) is 0.742. The lowest BCUT2D eigenvalue weighted by molar-refractivity contribution is 0.617.